The van der Waals surface area contributed by atoms with E-state index in [-0.39, 0.29) is 0 Å². The molecule has 3 aromatic rings. The van der Waals surface area contributed by atoms with Crippen molar-refractivity contribution in [2.24, 2.45) is 0 Å². The molecule has 1 aromatic heterocycles. The lowest BCUT2D eigenvalue weighted by atomic mass is 10.0. The highest BCUT2D eigenvalue weighted by molar-refractivity contribution is 7.99. The van der Waals surface area contributed by atoms with Crippen molar-refractivity contribution in [2.75, 3.05) is 4.90 Å². The predicted molar refractivity (Wildman–Crippen MR) is 91.7 cm³/mol. The van der Waals surface area contributed by atoms with E-state index in [1.54, 1.807) is 18.0 Å². The molecule has 1 aliphatic rings. The van der Waals surface area contributed by atoms with Crippen molar-refractivity contribution in [1.29, 1.82) is 0 Å². The Hall–Kier alpha value is -2.13. The molecule has 0 bridgehead atoms. The van der Waals surface area contributed by atoms with Gasteiger partial charge in [0.25, 0.3) is 0 Å². The number of furan rings is 1. The van der Waals surface area contributed by atoms with Gasteiger partial charge in [0.05, 0.1) is 22.5 Å². The molecule has 2 heterocycles. The second-order valence-electron chi connectivity index (χ2n) is 5.74. The van der Waals surface area contributed by atoms with Crippen molar-refractivity contribution in [3.05, 3.63) is 65.4 Å². The van der Waals surface area contributed by atoms with Crippen LogP contribution >= 0.6 is 11.8 Å². The van der Waals surface area contributed by atoms with Crippen molar-refractivity contribution >= 4 is 29.0 Å². The zero-order chi connectivity index (χ0) is 15.3. The molecule has 3 heteroatoms. The van der Waals surface area contributed by atoms with E-state index in [0.29, 0.717) is 0 Å². The molecule has 4 rings (SSSR count). The molecule has 0 radical (unpaired) electrons. The number of rotatable bonds is 1. The van der Waals surface area contributed by atoms with Crippen LogP contribution in [0.5, 0.6) is 0 Å². The Morgan fingerprint density at radius 2 is 1.64 bits per heavy atom. The fourth-order valence-corrected chi connectivity index (χ4v) is 4.23. The van der Waals surface area contributed by atoms with Gasteiger partial charge in [-0.1, -0.05) is 41.6 Å². The molecule has 0 atom stereocenters. The molecule has 0 amide bonds. The van der Waals surface area contributed by atoms with Crippen molar-refractivity contribution in [3.8, 4) is 0 Å². The lowest BCUT2D eigenvalue weighted by molar-refractivity contribution is 0.567. The quantitative estimate of drug-likeness (QED) is 0.420. The Kier molecular flexibility index (Phi) is 3.05. The fourth-order valence-electron chi connectivity index (χ4n) is 3.23. The van der Waals surface area contributed by atoms with E-state index in [0.717, 1.165) is 10.8 Å². The maximum absolute atomic E-state index is 5.83. The number of aryl methyl sites for hydroxylation is 3. The van der Waals surface area contributed by atoms with E-state index < -0.39 is 0 Å². The van der Waals surface area contributed by atoms with E-state index in [1.807, 2.05) is 6.07 Å². The summed E-state index contributed by atoms with van der Waals surface area (Å²) < 4.78 is 5.83. The van der Waals surface area contributed by atoms with E-state index in [9.17, 15) is 0 Å². The van der Waals surface area contributed by atoms with Crippen LogP contribution < -0.4 is 4.90 Å². The second kappa shape index (κ2) is 4.96. The minimum absolute atomic E-state index is 0.916. The average molecular weight is 307 g/mol. The Morgan fingerprint density at radius 3 is 2.41 bits per heavy atom. The lowest BCUT2D eigenvalue weighted by Crippen LogP contribution is -2.16. The number of hydrogen-bond acceptors (Lipinski definition) is 3. The molecule has 22 heavy (non-hydrogen) atoms. The lowest BCUT2D eigenvalue weighted by Gasteiger charge is -2.31. The van der Waals surface area contributed by atoms with Crippen LogP contribution in [-0.2, 0) is 0 Å². The maximum Gasteiger partial charge on any atom is 0.218 e. The zero-order valence-corrected chi connectivity index (χ0v) is 13.7. The van der Waals surface area contributed by atoms with Gasteiger partial charge in [-0.05, 0) is 50.1 Å². The van der Waals surface area contributed by atoms with Gasteiger partial charge in [0.2, 0.25) is 5.88 Å². The van der Waals surface area contributed by atoms with Crippen LogP contribution in [-0.4, -0.2) is 0 Å². The summed E-state index contributed by atoms with van der Waals surface area (Å²) in [5.74, 6) is 0.916. The first kappa shape index (κ1) is 13.5. The number of nitrogens with zero attached hydrogens (tertiary/aromatic N) is 1. The largest absolute Gasteiger partial charge is 0.447 e. The number of para-hydroxylation sites is 1. The van der Waals surface area contributed by atoms with Crippen LogP contribution in [0.15, 0.2) is 62.9 Å². The summed E-state index contributed by atoms with van der Waals surface area (Å²) in [6.45, 7) is 6.48. The van der Waals surface area contributed by atoms with Crippen LogP contribution in [0.1, 0.15) is 16.7 Å². The van der Waals surface area contributed by atoms with Gasteiger partial charge in [0.1, 0.15) is 0 Å². The van der Waals surface area contributed by atoms with E-state index >= 15 is 0 Å². The van der Waals surface area contributed by atoms with Gasteiger partial charge in [0.15, 0.2) is 0 Å². The first-order valence-electron chi connectivity index (χ1n) is 7.37. The molecule has 1 aliphatic heterocycles. The van der Waals surface area contributed by atoms with Crippen molar-refractivity contribution in [2.45, 2.75) is 30.6 Å². The van der Waals surface area contributed by atoms with Gasteiger partial charge < -0.3 is 4.42 Å². The van der Waals surface area contributed by atoms with Crippen molar-refractivity contribution in [1.82, 2.24) is 0 Å². The van der Waals surface area contributed by atoms with E-state index in [2.05, 4.69) is 62.1 Å². The molecule has 0 unspecified atom stereocenters. The number of anilines is 3. The third kappa shape index (κ3) is 1.97. The maximum atomic E-state index is 5.83. The van der Waals surface area contributed by atoms with Gasteiger partial charge in [-0.25, -0.2) is 0 Å². The van der Waals surface area contributed by atoms with Crippen LogP contribution in [0, 0.1) is 20.8 Å². The Balaban J connectivity index is 2.01. The molecule has 0 saturated heterocycles. The van der Waals surface area contributed by atoms with E-state index in [4.69, 9.17) is 4.42 Å². The monoisotopic (exact) mass is 307 g/mol. The first-order chi connectivity index (χ1) is 10.6. The molecule has 2 nitrogen and oxygen atoms in total. The highest BCUT2D eigenvalue weighted by Crippen LogP contribution is 2.52. The van der Waals surface area contributed by atoms with Crippen LogP contribution in [0.2, 0.25) is 0 Å². The standard InChI is InChI=1S/C19H17NOS/c1-12-10-13(2)18(14(3)11-12)20-15-6-4-5-7-16(15)22-17-8-9-21-19(17)20/h4-11H,1-3H3. The van der Waals surface area contributed by atoms with Crippen LogP contribution in [0.4, 0.5) is 17.3 Å². The van der Waals surface area contributed by atoms with Gasteiger partial charge in [-0.15, -0.1) is 0 Å². The molecule has 110 valence electrons. The number of hydrogen-bond donors (Lipinski definition) is 0. The molecule has 0 N–H and O–H groups in total. The third-order valence-corrected chi connectivity index (χ3v) is 5.09. The highest BCUT2D eigenvalue weighted by Gasteiger charge is 2.29. The predicted octanol–water partition coefficient (Wildman–Crippen LogP) is 6.14. The molecule has 0 saturated carbocycles. The Labute approximate surface area is 134 Å². The molecular formula is C19H17NOS. The van der Waals surface area contributed by atoms with Gasteiger partial charge >= 0.3 is 0 Å². The van der Waals surface area contributed by atoms with Crippen LogP contribution in [0.3, 0.4) is 0 Å². The molecule has 0 spiro atoms. The van der Waals surface area contributed by atoms with Gasteiger partial charge in [-0.2, -0.15) is 0 Å². The summed E-state index contributed by atoms with van der Waals surface area (Å²) in [6.07, 6.45) is 1.77. The fraction of sp³-hybridized carbons (Fsp3) is 0.158. The molecule has 2 aromatic carbocycles. The smallest absolute Gasteiger partial charge is 0.218 e. The summed E-state index contributed by atoms with van der Waals surface area (Å²) in [5.41, 5.74) is 6.22. The third-order valence-electron chi connectivity index (χ3n) is 4.00. The summed E-state index contributed by atoms with van der Waals surface area (Å²) in [4.78, 5) is 4.68. The van der Waals surface area contributed by atoms with E-state index in [1.165, 1.54) is 33.0 Å². The molecular weight excluding hydrogens is 290 g/mol. The van der Waals surface area contributed by atoms with Gasteiger partial charge in [0, 0.05) is 4.90 Å². The van der Waals surface area contributed by atoms with Crippen molar-refractivity contribution in [3.63, 3.8) is 0 Å². The summed E-state index contributed by atoms with van der Waals surface area (Å²) in [7, 11) is 0. The average Bonchev–Trinajstić information content (AvgIpc) is 2.93. The number of benzene rings is 2. The minimum atomic E-state index is 0.916. The summed E-state index contributed by atoms with van der Waals surface area (Å²) >= 11 is 1.77. The molecule has 0 fully saturated rings. The Morgan fingerprint density at radius 1 is 0.909 bits per heavy atom. The second-order valence-corrected chi connectivity index (χ2v) is 6.83. The number of fused-ring (bicyclic) bond motifs is 2. The molecule has 0 aliphatic carbocycles. The first-order valence-corrected chi connectivity index (χ1v) is 8.19. The normalized spacial score (nSPS) is 13.0. The van der Waals surface area contributed by atoms with Crippen LogP contribution in [0.25, 0.3) is 0 Å². The van der Waals surface area contributed by atoms with Crippen molar-refractivity contribution < 1.29 is 4.42 Å². The summed E-state index contributed by atoms with van der Waals surface area (Å²) in [5, 5.41) is 0. The highest BCUT2D eigenvalue weighted by atomic mass is 32.2. The van der Waals surface area contributed by atoms with Gasteiger partial charge in [-0.3, -0.25) is 4.90 Å². The minimum Gasteiger partial charge on any atom is -0.447 e. The Bertz CT molecular complexity index is 842. The summed E-state index contributed by atoms with van der Waals surface area (Å²) in [6, 6.07) is 15.0. The SMILES string of the molecule is Cc1cc(C)c(N2c3ccccc3Sc3ccoc32)c(C)c1. The topological polar surface area (TPSA) is 16.4 Å². The zero-order valence-electron chi connectivity index (χ0n) is 12.9.